The van der Waals surface area contributed by atoms with Crippen molar-refractivity contribution in [1.82, 2.24) is 0 Å². The van der Waals surface area contributed by atoms with Crippen LogP contribution in [-0.4, -0.2) is 20.5 Å². The number of aryl methyl sites for hydroxylation is 1. The Labute approximate surface area is 155 Å². The summed E-state index contributed by atoms with van der Waals surface area (Å²) in [5, 5.41) is 2.79. The van der Waals surface area contributed by atoms with Crippen molar-refractivity contribution in [2.45, 2.75) is 24.2 Å². The largest absolute Gasteiger partial charge is 0.471 e. The summed E-state index contributed by atoms with van der Waals surface area (Å²) >= 11 is 0. The first-order valence-corrected chi connectivity index (χ1v) is 8.79. The Kier molecular flexibility index (Phi) is 5.92. The normalized spacial score (nSPS) is 13.3. The van der Waals surface area contributed by atoms with E-state index in [-0.39, 0.29) is 0 Å². The number of rotatable bonds is 4. The number of nitrogens with zero attached hydrogens (tertiary/aromatic N) is 1. The molecule has 28 heavy (non-hydrogen) atoms. The van der Waals surface area contributed by atoms with E-state index in [2.05, 4.69) is 9.28 Å². The summed E-state index contributed by atoms with van der Waals surface area (Å²) in [6, 6.07) is 7.95. The fourth-order valence-electron chi connectivity index (χ4n) is 1.87. The van der Waals surface area contributed by atoms with Gasteiger partial charge in [0.1, 0.15) is 4.90 Å². The molecular formula is C16H12F6N2O3S. The molecule has 0 bridgehead atoms. The molecule has 0 fully saturated rings. The van der Waals surface area contributed by atoms with Crippen LogP contribution in [-0.2, 0) is 20.5 Å². The summed E-state index contributed by atoms with van der Waals surface area (Å²) in [6.07, 6.45) is -10.0. The number of benzene rings is 2. The molecule has 0 aliphatic carbocycles. The molecule has 0 aromatic heterocycles. The van der Waals surface area contributed by atoms with Crippen LogP contribution in [0.2, 0.25) is 0 Å². The lowest BCUT2D eigenvalue weighted by Crippen LogP contribution is -2.29. The first-order valence-electron chi connectivity index (χ1n) is 7.38. The van der Waals surface area contributed by atoms with Crippen molar-refractivity contribution < 1.29 is 38.9 Å². The van der Waals surface area contributed by atoms with Crippen molar-refractivity contribution in [2.24, 2.45) is 5.10 Å². The van der Waals surface area contributed by atoms with Gasteiger partial charge in [0.2, 0.25) is 0 Å². The van der Waals surface area contributed by atoms with Crippen molar-refractivity contribution in [3.63, 3.8) is 0 Å². The maximum absolute atomic E-state index is 13.1. The summed E-state index contributed by atoms with van der Waals surface area (Å²) in [5.41, 5.74) is 0.806. The summed E-state index contributed by atoms with van der Waals surface area (Å²) in [5.74, 6) is -2.19. The van der Waals surface area contributed by atoms with Gasteiger partial charge >= 0.3 is 28.4 Å². The molecule has 0 aliphatic heterocycles. The van der Waals surface area contributed by atoms with Crippen molar-refractivity contribution >= 4 is 21.7 Å². The van der Waals surface area contributed by atoms with E-state index >= 15 is 0 Å². The van der Waals surface area contributed by atoms with E-state index in [1.807, 2.05) is 0 Å². The zero-order chi connectivity index (χ0) is 21.2. The molecule has 0 heterocycles. The predicted molar refractivity (Wildman–Crippen MR) is 88.0 cm³/mol. The molecule has 5 nitrogen and oxygen atoms in total. The Bertz CT molecular complexity index is 967. The number of halogens is 6. The van der Waals surface area contributed by atoms with Crippen molar-refractivity contribution in [3.8, 4) is 0 Å². The van der Waals surface area contributed by atoms with Gasteiger partial charge in [-0.3, -0.25) is 5.43 Å². The fourth-order valence-corrected chi connectivity index (χ4v) is 2.77. The summed E-state index contributed by atoms with van der Waals surface area (Å²) in [6.45, 7) is 1.64. The lowest BCUT2D eigenvalue weighted by molar-refractivity contribution is -0.137. The van der Waals surface area contributed by atoms with Crippen LogP contribution in [0, 0.1) is 6.92 Å². The first kappa shape index (κ1) is 21.5. The number of alkyl halides is 6. The van der Waals surface area contributed by atoms with Crippen LogP contribution in [0.4, 0.5) is 32.0 Å². The molecule has 0 aliphatic rings. The van der Waals surface area contributed by atoms with Crippen molar-refractivity contribution in [3.05, 3.63) is 59.7 Å². The molecular weight excluding hydrogens is 414 g/mol. The lowest BCUT2D eigenvalue weighted by atomic mass is 10.2. The second-order valence-electron chi connectivity index (χ2n) is 5.46. The van der Waals surface area contributed by atoms with Gasteiger partial charge < -0.3 is 4.18 Å². The molecule has 0 atom stereocenters. The molecule has 0 unspecified atom stereocenters. The molecule has 0 radical (unpaired) electrons. The van der Waals surface area contributed by atoms with Gasteiger partial charge in [-0.2, -0.15) is 34.8 Å². The van der Waals surface area contributed by atoms with Crippen molar-refractivity contribution in [2.75, 3.05) is 5.43 Å². The van der Waals surface area contributed by atoms with E-state index in [1.54, 1.807) is 12.3 Å². The summed E-state index contributed by atoms with van der Waals surface area (Å²) in [7, 11) is -4.87. The molecule has 0 spiro atoms. The lowest BCUT2D eigenvalue weighted by Gasteiger charge is -2.13. The molecule has 1 N–H and O–H groups in total. The Morgan fingerprint density at radius 1 is 1.00 bits per heavy atom. The molecule has 152 valence electrons. The average molecular weight is 426 g/mol. The quantitative estimate of drug-likeness (QED) is 0.253. The van der Waals surface area contributed by atoms with Gasteiger partial charge in [-0.05, 0) is 37.3 Å². The van der Waals surface area contributed by atoms with Gasteiger partial charge in [-0.15, -0.1) is 5.10 Å². The zero-order valence-electron chi connectivity index (χ0n) is 14.0. The second kappa shape index (κ2) is 7.70. The number of hydrazone groups is 1. The van der Waals surface area contributed by atoms with Crippen LogP contribution in [0.3, 0.4) is 0 Å². The topological polar surface area (TPSA) is 67.8 Å². The molecule has 2 aromatic carbocycles. The third-order valence-corrected chi connectivity index (χ3v) is 4.44. The van der Waals surface area contributed by atoms with E-state index in [4.69, 9.17) is 0 Å². The molecule has 0 amide bonds. The van der Waals surface area contributed by atoms with Crippen molar-refractivity contribution in [1.29, 1.82) is 0 Å². The van der Waals surface area contributed by atoms with Gasteiger partial charge in [-0.1, -0.05) is 23.8 Å². The monoisotopic (exact) mass is 426 g/mol. The maximum atomic E-state index is 13.1. The average Bonchev–Trinajstić information content (AvgIpc) is 2.57. The number of hydrogen-bond acceptors (Lipinski definition) is 5. The Hall–Kier alpha value is -2.76. The second-order valence-corrected chi connectivity index (χ2v) is 7.00. The molecule has 0 saturated carbocycles. The predicted octanol–water partition coefficient (Wildman–Crippen LogP) is 4.71. The van der Waals surface area contributed by atoms with E-state index in [0.29, 0.717) is 17.7 Å². The minimum atomic E-state index is -5.33. The third kappa shape index (κ3) is 5.62. The van der Waals surface area contributed by atoms with E-state index in [9.17, 15) is 34.8 Å². The minimum absolute atomic E-state index is 0.451. The standard InChI is InChI=1S/C16H12F6N2O3S/c1-10-5-7-13(8-6-10)28(25,26)27-14(16(20,21)22)24-23-12-4-2-3-11(9-12)15(17,18)19/h2-9,23H,1H3/b24-14-. The van der Waals surface area contributed by atoms with E-state index in [1.165, 1.54) is 12.1 Å². The van der Waals surface area contributed by atoms with Gasteiger partial charge in [0, 0.05) is 0 Å². The highest BCUT2D eigenvalue weighted by Crippen LogP contribution is 2.31. The van der Waals surface area contributed by atoms with E-state index in [0.717, 1.165) is 24.3 Å². The van der Waals surface area contributed by atoms with Crippen LogP contribution in [0.1, 0.15) is 11.1 Å². The van der Waals surface area contributed by atoms with Gasteiger partial charge in [0.05, 0.1) is 11.3 Å². The Morgan fingerprint density at radius 3 is 2.14 bits per heavy atom. The maximum Gasteiger partial charge on any atom is 0.471 e. The highest BCUT2D eigenvalue weighted by Gasteiger charge is 2.42. The first-order chi connectivity index (χ1) is 12.8. The smallest absolute Gasteiger partial charge is 0.351 e. The highest BCUT2D eigenvalue weighted by molar-refractivity contribution is 7.87. The van der Waals surface area contributed by atoms with E-state index < -0.39 is 44.5 Å². The Morgan fingerprint density at radius 2 is 1.61 bits per heavy atom. The molecule has 2 aromatic rings. The molecule has 12 heteroatoms. The number of hydrogen-bond donors (Lipinski definition) is 1. The number of nitrogens with one attached hydrogen (secondary N) is 1. The van der Waals surface area contributed by atoms with Gasteiger partial charge in [0.15, 0.2) is 0 Å². The fraction of sp³-hybridized carbons (Fsp3) is 0.188. The molecule has 0 saturated heterocycles. The third-order valence-electron chi connectivity index (χ3n) is 3.22. The summed E-state index contributed by atoms with van der Waals surface area (Å²) < 4.78 is 105. The van der Waals surface area contributed by atoms with Crippen LogP contribution in [0.5, 0.6) is 0 Å². The highest BCUT2D eigenvalue weighted by atomic mass is 32.2. The molecule has 2 rings (SSSR count). The minimum Gasteiger partial charge on any atom is -0.351 e. The Balaban J connectivity index is 2.31. The summed E-state index contributed by atoms with van der Waals surface area (Å²) in [4.78, 5) is -0.547. The van der Waals surface area contributed by atoms with Crippen LogP contribution in [0.15, 0.2) is 58.5 Å². The number of anilines is 1. The SMILES string of the molecule is Cc1ccc(S(=O)(=O)O/C(=N\Nc2cccc(C(F)(F)F)c2)C(F)(F)F)cc1. The van der Waals surface area contributed by atoms with Crippen LogP contribution >= 0.6 is 0 Å². The van der Waals surface area contributed by atoms with Crippen LogP contribution < -0.4 is 5.43 Å². The van der Waals surface area contributed by atoms with Crippen LogP contribution in [0.25, 0.3) is 0 Å². The van der Waals surface area contributed by atoms with Gasteiger partial charge in [0.25, 0.3) is 0 Å². The zero-order valence-corrected chi connectivity index (χ0v) is 14.8. The van der Waals surface area contributed by atoms with Gasteiger partial charge in [-0.25, -0.2) is 0 Å².